The molecule has 0 bridgehead atoms. The molecule has 1 aliphatic rings. The zero-order valence-electron chi connectivity index (χ0n) is 12.7. The minimum absolute atomic E-state index is 0.0114. The summed E-state index contributed by atoms with van der Waals surface area (Å²) in [5.41, 5.74) is 0. The van der Waals surface area contributed by atoms with Crippen molar-refractivity contribution in [2.24, 2.45) is 0 Å². The van der Waals surface area contributed by atoms with Crippen LogP contribution in [0.2, 0.25) is 0 Å². The van der Waals surface area contributed by atoms with Gasteiger partial charge in [0, 0.05) is 20.1 Å². The van der Waals surface area contributed by atoms with Crippen molar-refractivity contribution in [1.82, 2.24) is 9.80 Å². The van der Waals surface area contributed by atoms with Gasteiger partial charge in [-0.1, -0.05) is 6.07 Å². The number of carbonyl (C=O) groups excluding carboxylic acids is 2. The zero-order chi connectivity index (χ0) is 16.3. The van der Waals surface area contributed by atoms with Crippen LogP contribution in [0.15, 0.2) is 17.5 Å². The number of hydrogen-bond donors (Lipinski definition) is 0. The van der Waals surface area contributed by atoms with Crippen molar-refractivity contribution in [1.29, 1.82) is 0 Å². The predicted octanol–water partition coefficient (Wildman–Crippen LogP) is 0.856. The number of amides is 2. The van der Waals surface area contributed by atoms with Gasteiger partial charge in [0.1, 0.15) is 0 Å². The Hall–Kier alpha value is -1.41. The molecule has 0 aromatic carbocycles. The van der Waals surface area contributed by atoms with Crippen LogP contribution in [0.4, 0.5) is 0 Å². The number of rotatable bonds is 3. The SMILES string of the molecule is C[C@H]1CCN(C(=O)CN(C)C(=O)c2cccs2)CCS1(=O)=O. The average Bonchev–Trinajstić information content (AvgIpc) is 2.95. The number of sulfone groups is 1. The predicted molar refractivity (Wildman–Crippen MR) is 85.7 cm³/mol. The van der Waals surface area contributed by atoms with Gasteiger partial charge in [0.15, 0.2) is 9.84 Å². The first-order valence-electron chi connectivity index (χ1n) is 7.09. The second kappa shape index (κ2) is 6.78. The highest BCUT2D eigenvalue weighted by Gasteiger charge is 2.29. The molecule has 22 heavy (non-hydrogen) atoms. The zero-order valence-corrected chi connectivity index (χ0v) is 14.3. The van der Waals surface area contributed by atoms with Gasteiger partial charge < -0.3 is 9.80 Å². The molecular formula is C14H20N2O4S2. The molecule has 0 spiro atoms. The van der Waals surface area contributed by atoms with Gasteiger partial charge in [0.05, 0.1) is 22.4 Å². The maximum Gasteiger partial charge on any atom is 0.264 e. The van der Waals surface area contributed by atoms with Crippen molar-refractivity contribution in [3.63, 3.8) is 0 Å². The van der Waals surface area contributed by atoms with E-state index in [1.807, 2.05) is 5.38 Å². The molecule has 2 heterocycles. The van der Waals surface area contributed by atoms with Crippen LogP contribution in [0.1, 0.15) is 23.0 Å². The van der Waals surface area contributed by atoms with E-state index < -0.39 is 15.1 Å². The molecule has 6 nitrogen and oxygen atoms in total. The second-order valence-electron chi connectivity index (χ2n) is 5.49. The van der Waals surface area contributed by atoms with Crippen LogP contribution in [-0.4, -0.2) is 67.7 Å². The van der Waals surface area contributed by atoms with Gasteiger partial charge in [0.2, 0.25) is 5.91 Å². The second-order valence-corrected chi connectivity index (χ2v) is 8.97. The lowest BCUT2D eigenvalue weighted by Gasteiger charge is -2.23. The lowest BCUT2D eigenvalue weighted by Crippen LogP contribution is -2.42. The molecule has 0 saturated carbocycles. The molecule has 0 aliphatic carbocycles. The molecule has 8 heteroatoms. The van der Waals surface area contributed by atoms with Crippen LogP contribution in [0.3, 0.4) is 0 Å². The van der Waals surface area contributed by atoms with Crippen molar-refractivity contribution in [3.05, 3.63) is 22.4 Å². The van der Waals surface area contributed by atoms with E-state index in [-0.39, 0.29) is 30.7 Å². The first-order chi connectivity index (χ1) is 10.3. The van der Waals surface area contributed by atoms with Gasteiger partial charge in [-0.3, -0.25) is 9.59 Å². The van der Waals surface area contributed by atoms with E-state index in [0.29, 0.717) is 17.8 Å². The van der Waals surface area contributed by atoms with Crippen molar-refractivity contribution in [3.8, 4) is 0 Å². The van der Waals surface area contributed by atoms with Crippen LogP contribution < -0.4 is 0 Å². The topological polar surface area (TPSA) is 74.8 Å². The number of thiophene rings is 1. The Morgan fingerprint density at radius 2 is 2.14 bits per heavy atom. The van der Waals surface area contributed by atoms with E-state index in [1.54, 1.807) is 31.0 Å². The standard InChI is InChI=1S/C14H20N2O4S2/c1-11-5-6-16(7-9-22(11,19)20)13(17)10-15(2)14(18)12-4-3-8-21-12/h3-4,8,11H,5-7,9-10H2,1-2H3/t11-/m0/s1. The van der Waals surface area contributed by atoms with Gasteiger partial charge in [-0.2, -0.15) is 0 Å². The van der Waals surface area contributed by atoms with Crippen LogP contribution in [0, 0.1) is 0 Å². The van der Waals surface area contributed by atoms with E-state index in [4.69, 9.17) is 0 Å². The molecule has 0 unspecified atom stereocenters. The molecule has 1 aromatic heterocycles. The molecular weight excluding hydrogens is 324 g/mol. The maximum atomic E-state index is 12.3. The fourth-order valence-electron chi connectivity index (χ4n) is 2.28. The Bertz CT molecular complexity index is 640. The van der Waals surface area contributed by atoms with Crippen LogP contribution in [0.5, 0.6) is 0 Å². The van der Waals surface area contributed by atoms with Crippen molar-refractivity contribution < 1.29 is 18.0 Å². The molecule has 122 valence electrons. The molecule has 0 N–H and O–H groups in total. The van der Waals surface area contributed by atoms with Gasteiger partial charge in [-0.15, -0.1) is 11.3 Å². The Morgan fingerprint density at radius 3 is 2.77 bits per heavy atom. The molecule has 1 fully saturated rings. The van der Waals surface area contributed by atoms with E-state index >= 15 is 0 Å². The monoisotopic (exact) mass is 344 g/mol. The Balaban J connectivity index is 1.96. The molecule has 1 aliphatic heterocycles. The molecule has 2 amide bonds. The van der Waals surface area contributed by atoms with Gasteiger partial charge in [-0.05, 0) is 24.8 Å². The van der Waals surface area contributed by atoms with Gasteiger partial charge in [-0.25, -0.2) is 8.42 Å². The summed E-state index contributed by atoms with van der Waals surface area (Å²) in [7, 11) is -1.54. The fraction of sp³-hybridized carbons (Fsp3) is 0.571. The Morgan fingerprint density at radius 1 is 1.41 bits per heavy atom. The highest BCUT2D eigenvalue weighted by atomic mass is 32.2. The summed E-state index contributed by atoms with van der Waals surface area (Å²) in [6.07, 6.45) is 0.441. The summed E-state index contributed by atoms with van der Waals surface area (Å²) in [5.74, 6) is -0.418. The number of nitrogens with zero attached hydrogens (tertiary/aromatic N) is 2. The van der Waals surface area contributed by atoms with E-state index in [0.717, 1.165) is 0 Å². The Kier molecular flexibility index (Phi) is 5.23. The van der Waals surface area contributed by atoms with Crippen molar-refractivity contribution >= 4 is 33.0 Å². The Labute approximate surface area is 134 Å². The molecule has 1 atom stereocenters. The summed E-state index contributed by atoms with van der Waals surface area (Å²) >= 11 is 1.33. The maximum absolute atomic E-state index is 12.3. The lowest BCUT2D eigenvalue weighted by atomic mass is 10.3. The summed E-state index contributed by atoms with van der Waals surface area (Å²) < 4.78 is 23.7. The molecule has 0 radical (unpaired) electrons. The largest absolute Gasteiger partial charge is 0.340 e. The first kappa shape index (κ1) is 17.0. The molecule has 1 saturated heterocycles. The first-order valence-corrected chi connectivity index (χ1v) is 9.69. The summed E-state index contributed by atoms with van der Waals surface area (Å²) in [4.78, 5) is 27.9. The number of carbonyl (C=O) groups is 2. The number of hydrogen-bond acceptors (Lipinski definition) is 5. The van der Waals surface area contributed by atoms with E-state index in [9.17, 15) is 18.0 Å². The average molecular weight is 344 g/mol. The third-order valence-electron chi connectivity index (χ3n) is 3.87. The lowest BCUT2D eigenvalue weighted by molar-refractivity contribution is -0.131. The van der Waals surface area contributed by atoms with E-state index in [2.05, 4.69) is 0 Å². The third-order valence-corrected chi connectivity index (χ3v) is 6.94. The summed E-state index contributed by atoms with van der Waals surface area (Å²) in [6, 6.07) is 3.50. The van der Waals surface area contributed by atoms with Gasteiger partial charge in [0.25, 0.3) is 5.91 Å². The smallest absolute Gasteiger partial charge is 0.264 e. The highest BCUT2D eigenvalue weighted by molar-refractivity contribution is 7.92. The van der Waals surface area contributed by atoms with Crippen LogP contribution in [0.25, 0.3) is 0 Å². The summed E-state index contributed by atoms with van der Waals surface area (Å²) in [6.45, 7) is 2.26. The van der Waals surface area contributed by atoms with Crippen molar-refractivity contribution in [2.45, 2.75) is 18.6 Å². The summed E-state index contributed by atoms with van der Waals surface area (Å²) in [5, 5.41) is 1.39. The highest BCUT2D eigenvalue weighted by Crippen LogP contribution is 2.14. The third kappa shape index (κ3) is 3.86. The normalized spacial score (nSPS) is 21.2. The number of likely N-dealkylation sites (N-methyl/N-ethyl adjacent to an activating group) is 1. The molecule has 1 aromatic rings. The minimum Gasteiger partial charge on any atom is -0.340 e. The molecule has 2 rings (SSSR count). The fourth-order valence-corrected chi connectivity index (χ4v) is 4.34. The van der Waals surface area contributed by atoms with Gasteiger partial charge >= 0.3 is 0 Å². The van der Waals surface area contributed by atoms with Crippen LogP contribution >= 0.6 is 11.3 Å². The van der Waals surface area contributed by atoms with Crippen LogP contribution in [-0.2, 0) is 14.6 Å². The quantitative estimate of drug-likeness (QED) is 0.815. The van der Waals surface area contributed by atoms with E-state index in [1.165, 1.54) is 16.2 Å². The minimum atomic E-state index is -3.12. The van der Waals surface area contributed by atoms with Crippen molar-refractivity contribution in [2.75, 3.05) is 32.4 Å².